The molecule has 29 heteroatoms. The van der Waals surface area contributed by atoms with Gasteiger partial charge in [0.2, 0.25) is 0 Å². The van der Waals surface area contributed by atoms with Gasteiger partial charge in [-0.3, -0.25) is 44.3 Å². The molecule has 2 aromatic carbocycles. The maximum atomic E-state index is 12.5. The fourth-order valence-electron chi connectivity index (χ4n) is 4.91. The Morgan fingerprint density at radius 1 is 0.767 bits per heavy atom. The van der Waals surface area contributed by atoms with Crippen LogP contribution in [0.25, 0.3) is 0 Å². The van der Waals surface area contributed by atoms with Crippen LogP contribution in [0.2, 0.25) is 0 Å². The van der Waals surface area contributed by atoms with Crippen LogP contribution < -0.4 is 170 Å². The van der Waals surface area contributed by atoms with Crippen LogP contribution in [0.4, 0.5) is 11.4 Å². The molecule has 4 atom stereocenters. The van der Waals surface area contributed by atoms with Crippen LogP contribution >= 0.6 is 74.0 Å². The van der Waals surface area contributed by atoms with Gasteiger partial charge in [-0.15, -0.1) is 47.0 Å². The molecule has 0 spiro atoms. The molecule has 3 aliphatic heterocycles. The minimum atomic E-state index is -1.45. The molecule has 314 valence electrons. The number of benzene rings is 2. The first kappa shape index (κ1) is 65.4. The first-order valence-corrected chi connectivity index (χ1v) is 19.3. The Bertz CT molecular complexity index is 1830. The smallest absolute Gasteiger partial charge is 1.00 e. The second kappa shape index (κ2) is 33.5. The van der Waals surface area contributed by atoms with Crippen LogP contribution in [0, 0.1) is 20.2 Å². The predicted molar refractivity (Wildman–Crippen MR) is 216 cm³/mol. The monoisotopic (exact) mass is 1030 g/mol. The molecule has 0 aromatic heterocycles. The van der Waals surface area contributed by atoms with E-state index in [4.69, 9.17) is 10.1 Å². The molecule has 3 amide bonds. The molecular weight excluding hydrogens is 994 g/mol. The van der Waals surface area contributed by atoms with Crippen LogP contribution in [-0.2, 0) is 28.9 Å². The minimum absolute atomic E-state index is 0. The standard InChI is InChI=1S/C15H16N2O7S2.C15H14N2O6S2.CH2O3.3K.2H2S.H/c18-7-10(11(19)8-1-3-9(4-2-8)17(23)24)16-14(20)12-13(15(21)22)26-6-5-25-12;18-7-10(11(19)8-1-3-9(4-2-8)17(22)23)16-14(20)12-13(15(16)21)25-6-5-24-12;2-1-4-3;;;;;;/h1-4,10-11,18-19H,5-7H2,(H,16,20)(H,21,22);1-4,10-11,18-19H,5-7H2;1,3H;;;;2*1H2;/q;;;3*+1;;;-1/p-2/t2*10?,11-;;;;;;;/m00......./s1. The van der Waals surface area contributed by atoms with Gasteiger partial charge in [-0.05, 0) is 35.4 Å². The summed E-state index contributed by atoms with van der Waals surface area (Å²) in [6.45, 7) is -1.42. The Kier molecular flexibility index (Phi) is 36.5. The molecular formula is C31H35K3N4O16S6. The number of carbonyl (C=O) groups is 5. The van der Waals surface area contributed by atoms with Crippen LogP contribution in [0.15, 0.2) is 68.2 Å². The van der Waals surface area contributed by atoms with Gasteiger partial charge in [0.15, 0.2) is 0 Å². The number of aliphatic hydroxyl groups is 4. The van der Waals surface area contributed by atoms with E-state index in [9.17, 15) is 64.9 Å². The van der Waals surface area contributed by atoms with E-state index in [1.807, 2.05) is 0 Å². The molecule has 5 rings (SSSR count). The number of carboxylic acids is 1. The maximum Gasteiger partial charge on any atom is 1.00 e. The van der Waals surface area contributed by atoms with Gasteiger partial charge in [-0.2, -0.15) is 27.0 Å². The second-order valence-electron chi connectivity index (χ2n) is 10.8. The molecule has 0 saturated heterocycles. The molecule has 0 aliphatic carbocycles. The molecule has 0 radical (unpaired) electrons. The van der Waals surface area contributed by atoms with Gasteiger partial charge >= 0.3 is 154 Å². The molecule has 3 aliphatic rings. The number of non-ortho nitro benzene ring substituents is 2. The quantitative estimate of drug-likeness (QED) is 0.0311. The van der Waals surface area contributed by atoms with E-state index in [0.717, 1.165) is 28.4 Å². The first-order valence-electron chi connectivity index (χ1n) is 15.4. The van der Waals surface area contributed by atoms with E-state index in [0.29, 0.717) is 32.8 Å². The number of aliphatic hydroxyl groups excluding tert-OH is 4. The fraction of sp³-hybridized carbons (Fsp3) is 0.323. The van der Waals surface area contributed by atoms with Gasteiger partial charge in [-0.25, -0.2) is 0 Å². The molecule has 0 saturated carbocycles. The Morgan fingerprint density at radius 2 is 1.15 bits per heavy atom. The zero-order valence-corrected chi connectivity index (χ0v) is 46.5. The number of carbonyl (C=O) groups excluding carboxylic acids is 5. The number of thioether (sulfide) groups is 4. The predicted octanol–water partition coefficient (Wildman–Crippen LogP) is -9.62. The fourth-order valence-corrected chi connectivity index (χ4v) is 9.39. The Balaban J connectivity index is -0.000000449. The van der Waals surface area contributed by atoms with Crippen molar-refractivity contribution in [2.75, 3.05) is 36.2 Å². The molecule has 20 nitrogen and oxygen atoms in total. The number of carboxylic acid groups (broad SMARTS) is 1. The number of rotatable bonds is 13. The normalized spacial score (nSPS) is 15.8. The Labute approximate surface area is 501 Å². The topological polar surface area (TPSA) is 323 Å². The van der Waals surface area contributed by atoms with Crippen molar-refractivity contribution in [3.8, 4) is 0 Å². The SMILES string of the molecule is O=C([O-])C1=C(C(=O)NC(CO)[C@@H](O)c2ccc([N+](=O)[O-])cc2)SCCS1.O=C1C2=C(SCCS2)C(=O)N1C(CO)[C@@H](O)c1ccc([N+](=O)[O-])cc1.O=CO[O-].S.S.[H-].[K+].[K+].[K+]. The van der Waals surface area contributed by atoms with E-state index in [-0.39, 0.29) is 221 Å². The number of nitrogens with zero attached hydrogens (tertiary/aromatic N) is 3. The van der Waals surface area contributed by atoms with Gasteiger partial charge in [0.25, 0.3) is 35.6 Å². The molecule has 2 aromatic rings. The van der Waals surface area contributed by atoms with E-state index in [1.54, 1.807) is 0 Å². The number of aliphatic carboxylic acids is 1. The number of imide groups is 1. The number of nitro groups is 2. The van der Waals surface area contributed by atoms with Crippen LogP contribution in [0.3, 0.4) is 0 Å². The molecule has 0 fully saturated rings. The van der Waals surface area contributed by atoms with Crippen molar-refractivity contribution in [1.29, 1.82) is 0 Å². The molecule has 2 unspecified atom stereocenters. The van der Waals surface area contributed by atoms with Crippen molar-refractivity contribution in [2.45, 2.75) is 24.3 Å². The summed E-state index contributed by atoms with van der Waals surface area (Å²) in [7, 11) is 0. The number of hydrogen-bond acceptors (Lipinski definition) is 20. The van der Waals surface area contributed by atoms with Gasteiger partial charge in [-0.1, -0.05) is 0 Å². The Hall–Kier alpha value is 1.08. The van der Waals surface area contributed by atoms with Crippen molar-refractivity contribution in [3.05, 3.63) is 99.5 Å². The molecule has 60 heavy (non-hydrogen) atoms. The number of nitrogens with one attached hydrogen (secondary N) is 1. The summed E-state index contributed by atoms with van der Waals surface area (Å²) in [5, 5.41) is 83.4. The summed E-state index contributed by atoms with van der Waals surface area (Å²) in [5.74, 6) is -0.728. The van der Waals surface area contributed by atoms with Gasteiger partial charge in [0.1, 0.15) is 12.2 Å². The largest absolute Gasteiger partial charge is 1.00 e. The third-order valence-corrected chi connectivity index (χ3v) is 12.6. The number of nitro benzene ring substituents is 2. The van der Waals surface area contributed by atoms with E-state index in [1.165, 1.54) is 72.1 Å². The third kappa shape index (κ3) is 18.4. The summed E-state index contributed by atoms with van der Waals surface area (Å²) in [5.41, 5.74) is 0.227. The van der Waals surface area contributed by atoms with Crippen molar-refractivity contribution < 1.29 is 225 Å². The van der Waals surface area contributed by atoms with Crippen molar-refractivity contribution in [2.24, 2.45) is 0 Å². The molecule has 5 N–H and O–H groups in total. The summed E-state index contributed by atoms with van der Waals surface area (Å²) in [6.07, 6.45) is -2.69. The van der Waals surface area contributed by atoms with E-state index < -0.39 is 71.0 Å². The van der Waals surface area contributed by atoms with Crippen molar-refractivity contribution >= 4 is 116 Å². The number of hydrogen-bond donors (Lipinski definition) is 5. The van der Waals surface area contributed by atoms with Crippen LogP contribution in [0.5, 0.6) is 0 Å². The zero-order valence-electron chi connectivity index (χ0n) is 32.9. The second-order valence-corrected chi connectivity index (χ2v) is 15.2. The molecule has 0 bridgehead atoms. The van der Waals surface area contributed by atoms with Crippen LogP contribution in [0.1, 0.15) is 24.8 Å². The third-order valence-electron chi connectivity index (χ3n) is 7.49. The maximum absolute atomic E-state index is 12.5. The average Bonchev–Trinajstić information content (AvgIpc) is 3.45. The first-order chi connectivity index (χ1) is 26.2. The summed E-state index contributed by atoms with van der Waals surface area (Å²) < 4.78 is 0. The minimum Gasteiger partial charge on any atom is -1.00 e. The summed E-state index contributed by atoms with van der Waals surface area (Å²) in [4.78, 5) is 81.4. The van der Waals surface area contributed by atoms with Crippen LogP contribution in [-0.4, -0.2) is 114 Å². The summed E-state index contributed by atoms with van der Waals surface area (Å²) >= 11 is 4.66. The average molecular weight is 1030 g/mol. The zero-order chi connectivity index (χ0) is 40.8. The Morgan fingerprint density at radius 3 is 1.50 bits per heavy atom. The van der Waals surface area contributed by atoms with Gasteiger partial charge in [0, 0.05) is 52.2 Å². The number of amides is 3. The van der Waals surface area contributed by atoms with Crippen molar-refractivity contribution in [3.63, 3.8) is 0 Å². The van der Waals surface area contributed by atoms with Crippen molar-refractivity contribution in [1.82, 2.24) is 10.2 Å². The summed E-state index contributed by atoms with van der Waals surface area (Å²) in [6, 6.07) is 7.85. The molecule has 3 heterocycles. The van der Waals surface area contributed by atoms with Gasteiger partial charge < -0.3 is 47.2 Å². The van der Waals surface area contributed by atoms with E-state index in [2.05, 4.69) is 10.2 Å². The van der Waals surface area contributed by atoms with Gasteiger partial charge in [0.05, 0.1) is 55.8 Å². The van der Waals surface area contributed by atoms with E-state index >= 15 is 0 Å².